The number of aromatic nitrogens is 2. The fraction of sp³-hybridized carbons (Fsp3) is 0.292. The van der Waals surface area contributed by atoms with Gasteiger partial charge in [0.2, 0.25) is 10.0 Å². The molecule has 0 atom stereocenters. The Morgan fingerprint density at radius 1 is 1.09 bits per heavy atom. The zero-order valence-corrected chi connectivity index (χ0v) is 19.8. The predicted molar refractivity (Wildman–Crippen MR) is 128 cm³/mol. The van der Waals surface area contributed by atoms with Crippen molar-refractivity contribution >= 4 is 33.3 Å². The third-order valence-electron chi connectivity index (χ3n) is 5.88. The molecule has 1 amide bonds. The van der Waals surface area contributed by atoms with Crippen LogP contribution in [0.4, 0.5) is 5.82 Å². The van der Waals surface area contributed by atoms with Crippen LogP contribution in [0.3, 0.4) is 0 Å². The minimum absolute atomic E-state index is 0.217. The molecule has 172 valence electrons. The zero-order chi connectivity index (χ0) is 23.4. The summed E-state index contributed by atoms with van der Waals surface area (Å²) in [5, 5.41) is 0.263. The number of amides is 1. The normalized spacial score (nSPS) is 15.3. The molecule has 1 saturated heterocycles. The van der Waals surface area contributed by atoms with Crippen molar-refractivity contribution in [2.75, 3.05) is 18.0 Å². The largest absolute Gasteiger partial charge is 0.289 e. The summed E-state index contributed by atoms with van der Waals surface area (Å²) in [7, 11) is -3.60. The number of piperidine rings is 1. The Morgan fingerprint density at radius 3 is 2.42 bits per heavy atom. The summed E-state index contributed by atoms with van der Waals surface area (Å²) in [6.07, 6.45) is 6.40. The number of sulfonamides is 1. The van der Waals surface area contributed by atoms with Crippen LogP contribution in [-0.2, 0) is 16.4 Å². The molecule has 0 aliphatic carbocycles. The number of halogens is 1. The number of hydrogen-bond donors (Lipinski definition) is 0. The fourth-order valence-corrected chi connectivity index (χ4v) is 5.69. The number of anilines is 1. The molecule has 1 fully saturated rings. The Labute approximate surface area is 199 Å². The van der Waals surface area contributed by atoms with Crippen molar-refractivity contribution in [2.24, 2.45) is 0 Å². The van der Waals surface area contributed by atoms with Crippen molar-refractivity contribution in [3.05, 3.63) is 83.3 Å². The van der Waals surface area contributed by atoms with E-state index in [0.29, 0.717) is 42.2 Å². The van der Waals surface area contributed by atoms with Gasteiger partial charge in [0.15, 0.2) is 0 Å². The molecule has 1 aliphatic heterocycles. The molecule has 4 rings (SSSR count). The summed E-state index contributed by atoms with van der Waals surface area (Å²) in [6.45, 7) is 2.65. The maximum Gasteiger partial charge on any atom is 0.261 e. The van der Waals surface area contributed by atoms with Crippen molar-refractivity contribution in [1.82, 2.24) is 14.3 Å². The highest BCUT2D eigenvalue weighted by Crippen LogP contribution is 2.28. The van der Waals surface area contributed by atoms with E-state index < -0.39 is 10.0 Å². The smallest absolute Gasteiger partial charge is 0.261 e. The molecular formula is C24H25ClN4O3S. The highest BCUT2D eigenvalue weighted by atomic mass is 35.5. The average molecular weight is 485 g/mol. The topological polar surface area (TPSA) is 83.5 Å². The lowest BCUT2D eigenvalue weighted by molar-refractivity contribution is 0.0967. The monoisotopic (exact) mass is 484 g/mol. The molecule has 3 aromatic rings. The number of pyridine rings is 2. The number of benzene rings is 1. The average Bonchev–Trinajstić information content (AvgIpc) is 2.85. The highest BCUT2D eigenvalue weighted by molar-refractivity contribution is 7.89. The van der Waals surface area contributed by atoms with Gasteiger partial charge in [-0.25, -0.2) is 13.4 Å². The van der Waals surface area contributed by atoms with E-state index in [4.69, 9.17) is 11.6 Å². The van der Waals surface area contributed by atoms with E-state index in [1.54, 1.807) is 41.4 Å². The van der Waals surface area contributed by atoms with Gasteiger partial charge in [-0.3, -0.25) is 14.7 Å². The Bertz CT molecular complexity index is 1210. The Morgan fingerprint density at radius 2 is 1.82 bits per heavy atom. The number of carbonyl (C=O) groups is 1. The van der Waals surface area contributed by atoms with Gasteiger partial charge >= 0.3 is 0 Å². The van der Waals surface area contributed by atoms with Gasteiger partial charge in [-0.05, 0) is 55.2 Å². The number of nitrogens with zero attached hydrogens (tertiary/aromatic N) is 4. The molecule has 2 aromatic heterocycles. The lowest BCUT2D eigenvalue weighted by Gasteiger charge is -2.37. The first-order valence-electron chi connectivity index (χ1n) is 10.8. The first-order chi connectivity index (χ1) is 15.9. The minimum atomic E-state index is -3.60. The highest BCUT2D eigenvalue weighted by Gasteiger charge is 2.35. The molecule has 0 bridgehead atoms. The lowest BCUT2D eigenvalue weighted by Crippen LogP contribution is -2.49. The van der Waals surface area contributed by atoms with E-state index in [0.717, 1.165) is 12.0 Å². The van der Waals surface area contributed by atoms with E-state index in [1.807, 2.05) is 25.1 Å². The van der Waals surface area contributed by atoms with Crippen LogP contribution < -0.4 is 4.90 Å². The second-order valence-corrected chi connectivity index (χ2v) is 10.2. The molecule has 9 heteroatoms. The molecule has 0 N–H and O–H groups in total. The standard InChI is InChI=1S/C24H25ClN4O3S/c1-2-18-6-8-20(9-7-18)33(31,32)28-15-11-19(12-16-28)29(23-5-3-4-13-27-23)24(30)21-10-14-26-17-22(21)25/h3-10,13-14,17,19H,2,11-12,15-16H2,1H3. The van der Waals surface area contributed by atoms with Crippen LogP contribution in [0.2, 0.25) is 5.02 Å². The fourth-order valence-electron chi connectivity index (χ4n) is 4.02. The quantitative estimate of drug-likeness (QED) is 0.523. The molecule has 7 nitrogen and oxygen atoms in total. The third kappa shape index (κ3) is 4.93. The second kappa shape index (κ2) is 9.99. The van der Waals surface area contributed by atoms with Crippen molar-refractivity contribution in [1.29, 1.82) is 0 Å². The molecule has 3 heterocycles. The van der Waals surface area contributed by atoms with E-state index in [-0.39, 0.29) is 17.0 Å². The summed E-state index contributed by atoms with van der Waals surface area (Å²) in [5.41, 5.74) is 1.43. The van der Waals surface area contributed by atoms with Gasteiger partial charge in [0.25, 0.3) is 5.91 Å². The number of rotatable bonds is 6. The first kappa shape index (κ1) is 23.4. The summed E-state index contributed by atoms with van der Waals surface area (Å²) < 4.78 is 27.8. The zero-order valence-electron chi connectivity index (χ0n) is 18.3. The molecule has 0 saturated carbocycles. The second-order valence-electron chi connectivity index (χ2n) is 7.85. The molecular weight excluding hydrogens is 460 g/mol. The third-order valence-corrected chi connectivity index (χ3v) is 8.09. The number of aryl methyl sites for hydroxylation is 1. The van der Waals surface area contributed by atoms with Crippen molar-refractivity contribution < 1.29 is 13.2 Å². The Hall–Kier alpha value is -2.81. The summed E-state index contributed by atoms with van der Waals surface area (Å²) in [4.78, 5) is 23.7. The lowest BCUT2D eigenvalue weighted by atomic mass is 10.0. The van der Waals surface area contributed by atoms with Gasteiger partial charge in [0.05, 0.1) is 15.5 Å². The van der Waals surface area contributed by atoms with Gasteiger partial charge in [-0.1, -0.05) is 36.7 Å². The molecule has 1 aliphatic rings. The summed E-state index contributed by atoms with van der Waals surface area (Å²) in [6, 6.07) is 13.8. The van der Waals surface area contributed by atoms with Gasteiger partial charge in [0, 0.05) is 37.7 Å². The first-order valence-corrected chi connectivity index (χ1v) is 12.7. The molecule has 1 aromatic carbocycles. The molecule has 0 spiro atoms. The van der Waals surface area contributed by atoms with Crippen LogP contribution in [0.1, 0.15) is 35.7 Å². The number of carbonyl (C=O) groups excluding carboxylic acids is 1. The van der Waals surface area contributed by atoms with E-state index in [2.05, 4.69) is 9.97 Å². The van der Waals surface area contributed by atoms with Gasteiger partial charge in [0.1, 0.15) is 5.82 Å². The Kier molecular flexibility index (Phi) is 7.07. The molecule has 33 heavy (non-hydrogen) atoms. The summed E-state index contributed by atoms with van der Waals surface area (Å²) >= 11 is 6.24. The predicted octanol–water partition coefficient (Wildman–Crippen LogP) is 4.19. The van der Waals surface area contributed by atoms with Crippen LogP contribution in [0, 0.1) is 0 Å². The van der Waals surface area contributed by atoms with Crippen molar-refractivity contribution in [3.8, 4) is 0 Å². The summed E-state index contributed by atoms with van der Waals surface area (Å²) in [5.74, 6) is 0.226. The van der Waals surface area contributed by atoms with Crippen LogP contribution in [-0.4, -0.2) is 47.7 Å². The van der Waals surface area contributed by atoms with E-state index in [9.17, 15) is 13.2 Å². The molecule has 0 radical (unpaired) electrons. The van der Waals surface area contributed by atoms with Crippen LogP contribution in [0.5, 0.6) is 0 Å². The minimum Gasteiger partial charge on any atom is -0.289 e. The van der Waals surface area contributed by atoms with Crippen molar-refractivity contribution in [2.45, 2.75) is 37.1 Å². The van der Waals surface area contributed by atoms with Crippen molar-refractivity contribution in [3.63, 3.8) is 0 Å². The van der Waals surface area contributed by atoms with Crippen LogP contribution in [0.25, 0.3) is 0 Å². The van der Waals surface area contributed by atoms with E-state index >= 15 is 0 Å². The van der Waals surface area contributed by atoms with Gasteiger partial charge < -0.3 is 0 Å². The maximum atomic E-state index is 13.5. The van der Waals surface area contributed by atoms with Crippen LogP contribution >= 0.6 is 11.6 Å². The van der Waals surface area contributed by atoms with E-state index in [1.165, 1.54) is 16.7 Å². The number of hydrogen-bond acceptors (Lipinski definition) is 5. The van der Waals surface area contributed by atoms with Crippen LogP contribution in [0.15, 0.2) is 72.0 Å². The Balaban J connectivity index is 1.56. The SMILES string of the molecule is CCc1ccc(S(=O)(=O)N2CCC(N(C(=O)c3ccncc3Cl)c3ccccn3)CC2)cc1. The molecule has 0 unspecified atom stereocenters. The van der Waals surface area contributed by atoms with Gasteiger partial charge in [-0.15, -0.1) is 0 Å². The maximum absolute atomic E-state index is 13.5. The van der Waals surface area contributed by atoms with Gasteiger partial charge in [-0.2, -0.15) is 4.31 Å².